The minimum absolute atomic E-state index is 0.368. The van der Waals surface area contributed by atoms with E-state index in [1.807, 2.05) is 6.92 Å². The zero-order valence-corrected chi connectivity index (χ0v) is 17.6. The summed E-state index contributed by atoms with van der Waals surface area (Å²) in [6, 6.07) is 11.2. The number of ether oxygens (including phenoxy) is 3. The van der Waals surface area contributed by atoms with Crippen molar-refractivity contribution in [3.63, 3.8) is 0 Å². The van der Waals surface area contributed by atoms with Crippen molar-refractivity contribution in [2.24, 2.45) is 5.10 Å². The second-order valence-electron chi connectivity index (χ2n) is 6.38. The molecule has 8 heteroatoms. The number of hydrogen-bond donors (Lipinski definition) is 2. The Hall–Kier alpha value is -3.55. The number of rotatable bonds is 10. The third kappa shape index (κ3) is 6.23. The normalized spacial score (nSPS) is 11.6. The molecule has 0 fully saturated rings. The van der Waals surface area contributed by atoms with Gasteiger partial charge < -0.3 is 19.5 Å². The van der Waals surface area contributed by atoms with Crippen LogP contribution in [0.4, 0.5) is 0 Å². The molecule has 30 heavy (non-hydrogen) atoms. The summed E-state index contributed by atoms with van der Waals surface area (Å²) in [6.07, 6.45) is 2.32. The van der Waals surface area contributed by atoms with Crippen molar-refractivity contribution in [2.75, 3.05) is 20.8 Å². The predicted molar refractivity (Wildman–Crippen MR) is 114 cm³/mol. The van der Waals surface area contributed by atoms with Gasteiger partial charge in [0.2, 0.25) is 0 Å². The molecular formula is C22H27N3O5. The molecule has 0 aliphatic heterocycles. The molecule has 2 rings (SSSR count). The highest BCUT2D eigenvalue weighted by Gasteiger charge is 2.16. The van der Waals surface area contributed by atoms with E-state index in [1.54, 1.807) is 63.6 Å². The SMILES string of the molecule is CCCOc1c(C=NNC(=O)C(C)NC(=O)c2ccc(OC)cc2)cccc1OC. The molecule has 0 saturated heterocycles. The van der Waals surface area contributed by atoms with Crippen LogP contribution in [0.2, 0.25) is 0 Å². The van der Waals surface area contributed by atoms with E-state index in [4.69, 9.17) is 14.2 Å². The first kappa shape index (κ1) is 22.7. The Balaban J connectivity index is 1.97. The zero-order chi connectivity index (χ0) is 21.9. The minimum Gasteiger partial charge on any atom is -0.497 e. The molecule has 2 aromatic carbocycles. The maximum Gasteiger partial charge on any atom is 0.262 e. The van der Waals surface area contributed by atoms with Crippen LogP contribution in [0.25, 0.3) is 0 Å². The fraction of sp³-hybridized carbons (Fsp3) is 0.318. The van der Waals surface area contributed by atoms with E-state index in [0.29, 0.717) is 35.0 Å². The standard InChI is InChI=1S/C22H27N3O5/c1-5-13-30-20-17(7-6-8-19(20)29-4)14-23-25-21(26)15(2)24-22(27)16-9-11-18(28-3)12-10-16/h6-12,14-15H,5,13H2,1-4H3,(H,24,27)(H,25,26). The molecule has 2 amide bonds. The van der Waals surface area contributed by atoms with Crippen molar-refractivity contribution in [1.29, 1.82) is 0 Å². The van der Waals surface area contributed by atoms with Gasteiger partial charge in [-0.3, -0.25) is 9.59 Å². The van der Waals surface area contributed by atoms with Gasteiger partial charge in [-0.15, -0.1) is 0 Å². The summed E-state index contributed by atoms with van der Waals surface area (Å²) in [5, 5.41) is 6.61. The van der Waals surface area contributed by atoms with E-state index in [9.17, 15) is 9.59 Å². The average molecular weight is 413 g/mol. The maximum atomic E-state index is 12.3. The van der Waals surface area contributed by atoms with Crippen LogP contribution in [0.5, 0.6) is 17.2 Å². The van der Waals surface area contributed by atoms with E-state index in [1.165, 1.54) is 6.21 Å². The van der Waals surface area contributed by atoms with Crippen LogP contribution in [0.15, 0.2) is 47.6 Å². The topological polar surface area (TPSA) is 98.2 Å². The largest absolute Gasteiger partial charge is 0.497 e. The van der Waals surface area contributed by atoms with Gasteiger partial charge >= 0.3 is 0 Å². The highest BCUT2D eigenvalue weighted by atomic mass is 16.5. The molecule has 0 heterocycles. The third-order valence-electron chi connectivity index (χ3n) is 4.15. The number of hydrogen-bond acceptors (Lipinski definition) is 6. The first-order chi connectivity index (χ1) is 14.5. The van der Waals surface area contributed by atoms with Crippen LogP contribution in [0.1, 0.15) is 36.2 Å². The van der Waals surface area contributed by atoms with Crippen LogP contribution in [-0.4, -0.2) is 44.9 Å². The van der Waals surface area contributed by atoms with Gasteiger partial charge in [-0.2, -0.15) is 5.10 Å². The highest BCUT2D eigenvalue weighted by Crippen LogP contribution is 2.30. The quantitative estimate of drug-likeness (QED) is 0.461. The fourth-order valence-corrected chi connectivity index (χ4v) is 2.50. The van der Waals surface area contributed by atoms with E-state index >= 15 is 0 Å². The molecule has 0 aliphatic rings. The van der Waals surface area contributed by atoms with E-state index in [0.717, 1.165) is 6.42 Å². The number of methoxy groups -OCH3 is 2. The smallest absolute Gasteiger partial charge is 0.262 e. The molecule has 1 unspecified atom stereocenters. The lowest BCUT2D eigenvalue weighted by Crippen LogP contribution is -2.43. The first-order valence-corrected chi connectivity index (χ1v) is 9.57. The summed E-state index contributed by atoms with van der Waals surface area (Å²) in [5.74, 6) is 0.963. The number of nitrogens with zero attached hydrogens (tertiary/aromatic N) is 1. The molecular weight excluding hydrogens is 386 g/mol. The molecule has 0 spiro atoms. The van der Waals surface area contributed by atoms with Crippen LogP contribution in [0, 0.1) is 0 Å². The minimum atomic E-state index is -0.780. The summed E-state index contributed by atoms with van der Waals surface area (Å²) < 4.78 is 16.1. The Bertz CT molecular complexity index is 881. The first-order valence-electron chi connectivity index (χ1n) is 9.57. The number of carbonyl (C=O) groups is 2. The molecule has 0 bridgehead atoms. The molecule has 0 saturated carbocycles. The zero-order valence-electron chi connectivity index (χ0n) is 17.6. The summed E-state index contributed by atoms with van der Waals surface area (Å²) in [4.78, 5) is 24.5. The summed E-state index contributed by atoms with van der Waals surface area (Å²) in [6.45, 7) is 4.11. The molecule has 0 aromatic heterocycles. The summed E-state index contributed by atoms with van der Waals surface area (Å²) >= 11 is 0. The Labute approximate surface area is 176 Å². The van der Waals surface area contributed by atoms with Gasteiger partial charge in [0.25, 0.3) is 11.8 Å². The predicted octanol–water partition coefficient (Wildman–Crippen LogP) is 2.76. The Morgan fingerprint density at radius 2 is 1.83 bits per heavy atom. The monoisotopic (exact) mass is 413 g/mol. The molecule has 0 aliphatic carbocycles. The average Bonchev–Trinajstić information content (AvgIpc) is 2.77. The second kappa shape index (κ2) is 11.5. The number of nitrogens with one attached hydrogen (secondary N) is 2. The van der Waals surface area contributed by atoms with Crippen molar-refractivity contribution in [3.05, 3.63) is 53.6 Å². The van der Waals surface area contributed by atoms with Gasteiger partial charge in [0.1, 0.15) is 11.8 Å². The van der Waals surface area contributed by atoms with Crippen LogP contribution in [0.3, 0.4) is 0 Å². The molecule has 8 nitrogen and oxygen atoms in total. The molecule has 160 valence electrons. The molecule has 2 aromatic rings. The lowest BCUT2D eigenvalue weighted by atomic mass is 10.2. The van der Waals surface area contributed by atoms with Gasteiger partial charge in [-0.25, -0.2) is 5.43 Å². The maximum absolute atomic E-state index is 12.3. The van der Waals surface area contributed by atoms with Crippen molar-refractivity contribution < 1.29 is 23.8 Å². The number of carbonyl (C=O) groups excluding carboxylic acids is 2. The number of amides is 2. The molecule has 1 atom stereocenters. The Kier molecular flexibility index (Phi) is 8.68. The lowest BCUT2D eigenvalue weighted by Gasteiger charge is -2.13. The Morgan fingerprint density at radius 1 is 1.10 bits per heavy atom. The van der Waals surface area contributed by atoms with Crippen LogP contribution >= 0.6 is 0 Å². The number of benzene rings is 2. The molecule has 2 N–H and O–H groups in total. The number of hydrazone groups is 1. The fourth-order valence-electron chi connectivity index (χ4n) is 2.50. The number of para-hydroxylation sites is 1. The van der Waals surface area contributed by atoms with Crippen LogP contribution in [-0.2, 0) is 4.79 Å². The van der Waals surface area contributed by atoms with Gasteiger partial charge in [0.05, 0.1) is 27.0 Å². The lowest BCUT2D eigenvalue weighted by molar-refractivity contribution is -0.122. The van der Waals surface area contributed by atoms with Gasteiger partial charge in [0.15, 0.2) is 11.5 Å². The van der Waals surface area contributed by atoms with E-state index in [2.05, 4.69) is 15.8 Å². The van der Waals surface area contributed by atoms with E-state index < -0.39 is 11.9 Å². The van der Waals surface area contributed by atoms with Crippen molar-refractivity contribution in [1.82, 2.24) is 10.7 Å². The van der Waals surface area contributed by atoms with Gasteiger partial charge in [0, 0.05) is 11.1 Å². The van der Waals surface area contributed by atoms with Crippen LogP contribution < -0.4 is 25.0 Å². The highest BCUT2D eigenvalue weighted by molar-refractivity contribution is 5.97. The summed E-state index contributed by atoms with van der Waals surface area (Å²) in [5.41, 5.74) is 3.52. The van der Waals surface area contributed by atoms with Gasteiger partial charge in [-0.1, -0.05) is 13.0 Å². The third-order valence-corrected chi connectivity index (χ3v) is 4.15. The van der Waals surface area contributed by atoms with E-state index in [-0.39, 0.29) is 5.91 Å². The second-order valence-corrected chi connectivity index (χ2v) is 6.38. The molecule has 0 radical (unpaired) electrons. The van der Waals surface area contributed by atoms with Gasteiger partial charge in [-0.05, 0) is 49.7 Å². The Morgan fingerprint density at radius 3 is 2.47 bits per heavy atom. The van der Waals surface area contributed by atoms with Crippen molar-refractivity contribution >= 4 is 18.0 Å². The van der Waals surface area contributed by atoms with Crippen molar-refractivity contribution in [3.8, 4) is 17.2 Å². The summed E-state index contributed by atoms with van der Waals surface area (Å²) in [7, 11) is 3.11. The van der Waals surface area contributed by atoms with Crippen molar-refractivity contribution in [2.45, 2.75) is 26.3 Å².